The second-order valence-corrected chi connectivity index (χ2v) is 7.00. The van der Waals surface area contributed by atoms with E-state index in [1.165, 1.54) is 32.1 Å². The summed E-state index contributed by atoms with van der Waals surface area (Å²) in [7, 11) is 0. The third-order valence-corrected chi connectivity index (χ3v) is 6.35. The van der Waals surface area contributed by atoms with Gasteiger partial charge in [0.05, 0.1) is 0 Å². The third-order valence-electron chi connectivity index (χ3n) is 6.35. The maximum absolute atomic E-state index is 2.51. The second-order valence-electron chi connectivity index (χ2n) is 7.00. The summed E-state index contributed by atoms with van der Waals surface area (Å²) in [4.78, 5) is 0. The summed E-state index contributed by atoms with van der Waals surface area (Å²) in [5, 5.41) is 0. The summed E-state index contributed by atoms with van der Waals surface area (Å²) < 4.78 is 0. The molecule has 0 heteroatoms. The maximum atomic E-state index is 2.51. The molecular weight excluding hydrogens is 192 g/mol. The van der Waals surface area contributed by atoms with Crippen molar-refractivity contribution in [3.05, 3.63) is 11.1 Å². The minimum absolute atomic E-state index is 0.415. The van der Waals surface area contributed by atoms with Crippen molar-refractivity contribution in [1.82, 2.24) is 0 Å². The van der Waals surface area contributed by atoms with E-state index >= 15 is 0 Å². The highest BCUT2D eigenvalue weighted by Gasteiger charge is 2.61. The monoisotopic (exact) mass is 220 g/mol. The zero-order chi connectivity index (χ0) is 12.2. The van der Waals surface area contributed by atoms with Crippen LogP contribution in [-0.4, -0.2) is 0 Å². The van der Waals surface area contributed by atoms with Gasteiger partial charge in [0.15, 0.2) is 0 Å². The van der Waals surface area contributed by atoms with Gasteiger partial charge < -0.3 is 0 Å². The van der Waals surface area contributed by atoms with E-state index in [0.29, 0.717) is 16.2 Å². The molecule has 0 aromatic rings. The van der Waals surface area contributed by atoms with Crippen molar-refractivity contribution in [3.63, 3.8) is 0 Å². The molecule has 0 aliphatic heterocycles. The molecule has 2 aliphatic carbocycles. The molecular formula is C16H28. The lowest BCUT2D eigenvalue weighted by atomic mass is 9.54. The van der Waals surface area contributed by atoms with E-state index in [2.05, 4.69) is 41.5 Å². The largest absolute Gasteiger partial charge is 0.0673 e. The van der Waals surface area contributed by atoms with Crippen LogP contribution in [0.5, 0.6) is 0 Å². The van der Waals surface area contributed by atoms with E-state index in [-0.39, 0.29) is 0 Å². The predicted octanol–water partition coefficient (Wildman–Crippen LogP) is 5.34. The van der Waals surface area contributed by atoms with E-state index in [1.54, 1.807) is 11.1 Å². The number of rotatable bonds is 1. The molecule has 16 heavy (non-hydrogen) atoms. The van der Waals surface area contributed by atoms with Crippen LogP contribution in [0.25, 0.3) is 0 Å². The van der Waals surface area contributed by atoms with Gasteiger partial charge >= 0.3 is 0 Å². The molecule has 0 radical (unpaired) electrons. The molecule has 2 rings (SSSR count). The molecule has 0 unspecified atom stereocenters. The Bertz CT molecular complexity index is 322. The van der Waals surface area contributed by atoms with Crippen LogP contribution in [0.1, 0.15) is 73.6 Å². The molecule has 1 spiro atoms. The Hall–Kier alpha value is -0.260. The first-order valence-electron chi connectivity index (χ1n) is 7.02. The first-order valence-corrected chi connectivity index (χ1v) is 7.02. The van der Waals surface area contributed by atoms with E-state index in [1.807, 2.05) is 0 Å². The summed E-state index contributed by atoms with van der Waals surface area (Å²) in [6.45, 7) is 14.7. The Labute approximate surface area is 102 Å². The van der Waals surface area contributed by atoms with Gasteiger partial charge in [0, 0.05) is 0 Å². The Morgan fingerprint density at radius 3 is 1.81 bits per heavy atom. The highest BCUT2D eigenvalue weighted by molar-refractivity contribution is 5.38. The second kappa shape index (κ2) is 3.37. The fourth-order valence-corrected chi connectivity index (χ4v) is 5.21. The Morgan fingerprint density at radius 1 is 0.938 bits per heavy atom. The van der Waals surface area contributed by atoms with Gasteiger partial charge in [-0.25, -0.2) is 0 Å². The quantitative estimate of drug-likeness (QED) is 0.523. The zero-order valence-corrected chi connectivity index (χ0v) is 12.0. The van der Waals surface area contributed by atoms with Gasteiger partial charge in [0.25, 0.3) is 0 Å². The van der Waals surface area contributed by atoms with Crippen molar-refractivity contribution in [2.45, 2.75) is 73.6 Å². The average molecular weight is 220 g/mol. The molecule has 0 nitrogen and oxygen atoms in total. The van der Waals surface area contributed by atoms with Crippen molar-refractivity contribution in [1.29, 1.82) is 0 Å². The van der Waals surface area contributed by atoms with Crippen LogP contribution in [0.2, 0.25) is 0 Å². The van der Waals surface area contributed by atoms with Crippen molar-refractivity contribution in [2.75, 3.05) is 0 Å². The number of allylic oxidation sites excluding steroid dienone is 2. The molecule has 0 heterocycles. The molecule has 1 saturated carbocycles. The van der Waals surface area contributed by atoms with Crippen LogP contribution in [0, 0.1) is 16.2 Å². The summed E-state index contributed by atoms with van der Waals surface area (Å²) in [5.41, 5.74) is 4.83. The number of hydrogen-bond acceptors (Lipinski definition) is 0. The fraction of sp³-hybridized carbons (Fsp3) is 0.875. The van der Waals surface area contributed by atoms with Gasteiger partial charge in [-0.2, -0.15) is 0 Å². The van der Waals surface area contributed by atoms with E-state index in [0.717, 1.165) is 0 Å². The van der Waals surface area contributed by atoms with Crippen molar-refractivity contribution < 1.29 is 0 Å². The summed E-state index contributed by atoms with van der Waals surface area (Å²) in [6.07, 6.45) is 7.00. The van der Waals surface area contributed by atoms with E-state index < -0.39 is 0 Å². The van der Waals surface area contributed by atoms with Gasteiger partial charge in [-0.3, -0.25) is 0 Å². The Kier molecular flexibility index (Phi) is 2.57. The van der Waals surface area contributed by atoms with Gasteiger partial charge in [-0.15, -0.1) is 0 Å². The molecule has 0 N–H and O–H groups in total. The lowest BCUT2D eigenvalue weighted by molar-refractivity contribution is 0.0252. The van der Waals surface area contributed by atoms with Gasteiger partial charge in [-0.1, -0.05) is 58.6 Å². The minimum Gasteiger partial charge on any atom is -0.0673 e. The normalized spacial score (nSPS) is 30.4. The molecule has 0 atom stereocenters. The molecule has 1 fully saturated rings. The molecule has 0 amide bonds. The van der Waals surface area contributed by atoms with Crippen molar-refractivity contribution in [2.24, 2.45) is 16.2 Å². The molecule has 0 aromatic heterocycles. The maximum Gasteiger partial charge on any atom is -0.00774 e. The van der Waals surface area contributed by atoms with Crippen LogP contribution >= 0.6 is 0 Å². The predicted molar refractivity (Wildman–Crippen MR) is 71.5 cm³/mol. The Balaban J connectivity index is 2.58. The van der Waals surface area contributed by atoms with Gasteiger partial charge in [0.2, 0.25) is 0 Å². The minimum atomic E-state index is 0.415. The lowest BCUT2D eigenvalue weighted by Crippen LogP contribution is -2.42. The van der Waals surface area contributed by atoms with Crippen molar-refractivity contribution >= 4 is 0 Å². The molecule has 2 aliphatic rings. The van der Waals surface area contributed by atoms with Crippen LogP contribution in [0.15, 0.2) is 11.1 Å². The zero-order valence-electron chi connectivity index (χ0n) is 12.0. The first-order chi connectivity index (χ1) is 7.31. The first kappa shape index (κ1) is 12.2. The van der Waals surface area contributed by atoms with Gasteiger partial charge in [-0.05, 0) is 42.4 Å². The average Bonchev–Trinajstić information content (AvgIpc) is 2.70. The molecule has 0 bridgehead atoms. The van der Waals surface area contributed by atoms with Crippen molar-refractivity contribution in [3.8, 4) is 0 Å². The van der Waals surface area contributed by atoms with E-state index in [9.17, 15) is 0 Å². The molecule has 0 aromatic carbocycles. The Morgan fingerprint density at radius 2 is 1.44 bits per heavy atom. The van der Waals surface area contributed by atoms with E-state index in [4.69, 9.17) is 0 Å². The summed E-state index contributed by atoms with van der Waals surface area (Å²) in [6, 6.07) is 0. The van der Waals surface area contributed by atoms with Crippen LogP contribution < -0.4 is 0 Å². The molecule has 92 valence electrons. The lowest BCUT2D eigenvalue weighted by Gasteiger charge is -2.49. The van der Waals surface area contributed by atoms with Crippen LogP contribution in [0.4, 0.5) is 0 Å². The third kappa shape index (κ3) is 1.11. The SMILES string of the molecule is CCC1=C(C)C(C)(C)C2(CCCC2)C1(C)C. The highest BCUT2D eigenvalue weighted by atomic mass is 14.7. The summed E-state index contributed by atoms with van der Waals surface area (Å²) in [5.74, 6) is 0. The summed E-state index contributed by atoms with van der Waals surface area (Å²) >= 11 is 0. The smallest absolute Gasteiger partial charge is 0.00774 e. The van der Waals surface area contributed by atoms with Crippen LogP contribution in [-0.2, 0) is 0 Å². The fourth-order valence-electron chi connectivity index (χ4n) is 5.21. The number of hydrogen-bond donors (Lipinski definition) is 0. The highest BCUT2D eigenvalue weighted by Crippen LogP contribution is 2.71. The van der Waals surface area contributed by atoms with Gasteiger partial charge in [0.1, 0.15) is 0 Å². The van der Waals surface area contributed by atoms with Crippen LogP contribution in [0.3, 0.4) is 0 Å². The standard InChI is InChI=1S/C16H28/c1-7-13-12(2)14(3,4)16(15(13,5)6)10-8-9-11-16/h7-11H2,1-6H3. The molecule has 0 saturated heterocycles. The topological polar surface area (TPSA) is 0 Å².